The lowest BCUT2D eigenvalue weighted by Crippen LogP contribution is -2.29. The van der Waals surface area contributed by atoms with Gasteiger partial charge in [-0.2, -0.15) is 0 Å². The Hall–Kier alpha value is -3.80. The molecule has 4 aromatic rings. The van der Waals surface area contributed by atoms with E-state index in [1.54, 1.807) is 7.11 Å². The quantitative estimate of drug-likeness (QED) is 0.478. The number of methoxy groups -OCH3 is 1. The molecule has 152 valence electrons. The Labute approximate surface area is 174 Å². The molecule has 0 aliphatic carbocycles. The molecule has 0 amide bonds. The zero-order chi connectivity index (χ0) is 20.9. The van der Waals surface area contributed by atoms with Crippen molar-refractivity contribution in [1.82, 2.24) is 13.9 Å². The third-order valence-corrected chi connectivity index (χ3v) is 5.04. The first-order valence-electron chi connectivity index (χ1n) is 9.77. The fourth-order valence-electron chi connectivity index (χ4n) is 3.43. The van der Waals surface area contributed by atoms with E-state index in [0.29, 0.717) is 13.1 Å². The summed E-state index contributed by atoms with van der Waals surface area (Å²) in [7, 11) is 1.60. The van der Waals surface area contributed by atoms with Crippen LogP contribution in [-0.2, 0) is 19.6 Å². The van der Waals surface area contributed by atoms with Crippen molar-refractivity contribution in [3.05, 3.63) is 123 Å². The lowest BCUT2D eigenvalue weighted by atomic mass is 10.2. The minimum Gasteiger partial charge on any atom is -0.497 e. The summed E-state index contributed by atoms with van der Waals surface area (Å²) < 4.78 is 9.51. The molecule has 0 fully saturated rings. The molecule has 0 bridgehead atoms. The van der Waals surface area contributed by atoms with Crippen molar-refractivity contribution in [1.29, 1.82) is 0 Å². The van der Waals surface area contributed by atoms with E-state index < -0.39 is 0 Å². The molecule has 0 unspecified atom stereocenters. The second-order valence-corrected chi connectivity index (χ2v) is 7.09. The Morgan fingerprint density at radius 1 is 0.600 bits per heavy atom. The topological polar surface area (TPSA) is 58.2 Å². The van der Waals surface area contributed by atoms with Crippen LogP contribution in [0.5, 0.6) is 5.75 Å². The molecule has 0 aliphatic heterocycles. The number of hydrogen-bond donors (Lipinski definition) is 0. The number of nitrogens with zero attached hydrogens (tertiary/aromatic N) is 3. The molecule has 0 spiro atoms. The van der Waals surface area contributed by atoms with Crippen LogP contribution in [0.3, 0.4) is 0 Å². The maximum absolute atomic E-state index is 13.2. The normalized spacial score (nSPS) is 10.8. The second-order valence-electron chi connectivity index (χ2n) is 7.09. The van der Waals surface area contributed by atoms with Crippen LogP contribution in [0.25, 0.3) is 0 Å². The van der Waals surface area contributed by atoms with Crippen LogP contribution in [-0.4, -0.2) is 21.0 Å². The summed E-state index contributed by atoms with van der Waals surface area (Å²) in [6, 6.07) is 26.7. The highest BCUT2D eigenvalue weighted by Crippen LogP contribution is 2.11. The van der Waals surface area contributed by atoms with Gasteiger partial charge in [0.15, 0.2) is 0 Å². The third-order valence-electron chi connectivity index (χ3n) is 5.04. The monoisotopic (exact) mass is 401 g/mol. The first-order valence-corrected chi connectivity index (χ1v) is 9.77. The SMILES string of the molecule is COc1ccc(Cn2c(=O)n(Cc3ccccc3)n(Cc3ccccc3)c2=O)cc1. The second kappa shape index (κ2) is 8.69. The molecule has 0 saturated carbocycles. The van der Waals surface area contributed by atoms with E-state index in [1.807, 2.05) is 84.9 Å². The molecule has 6 nitrogen and oxygen atoms in total. The molecule has 0 aliphatic rings. The van der Waals surface area contributed by atoms with E-state index in [2.05, 4.69) is 0 Å². The molecule has 30 heavy (non-hydrogen) atoms. The van der Waals surface area contributed by atoms with Crippen molar-refractivity contribution in [3.8, 4) is 5.75 Å². The van der Waals surface area contributed by atoms with Crippen molar-refractivity contribution in [2.75, 3.05) is 7.11 Å². The summed E-state index contributed by atoms with van der Waals surface area (Å²) in [6.45, 7) is 0.868. The summed E-state index contributed by atoms with van der Waals surface area (Å²) in [5.41, 5.74) is 2.14. The van der Waals surface area contributed by atoms with Gasteiger partial charge in [0, 0.05) is 0 Å². The molecule has 1 heterocycles. The van der Waals surface area contributed by atoms with Crippen molar-refractivity contribution in [3.63, 3.8) is 0 Å². The van der Waals surface area contributed by atoms with Gasteiger partial charge in [-0.15, -0.1) is 0 Å². The predicted molar refractivity (Wildman–Crippen MR) is 116 cm³/mol. The van der Waals surface area contributed by atoms with E-state index in [4.69, 9.17) is 4.74 Å². The van der Waals surface area contributed by atoms with E-state index >= 15 is 0 Å². The molecular weight excluding hydrogens is 378 g/mol. The lowest BCUT2D eigenvalue weighted by Gasteiger charge is -2.09. The van der Waals surface area contributed by atoms with Crippen LogP contribution >= 0.6 is 0 Å². The summed E-state index contributed by atoms with van der Waals surface area (Å²) in [4.78, 5) is 26.4. The molecule has 1 aromatic heterocycles. The average Bonchev–Trinajstić information content (AvgIpc) is 3.00. The summed E-state index contributed by atoms with van der Waals surface area (Å²) in [5.74, 6) is 0.731. The van der Waals surface area contributed by atoms with Gasteiger partial charge < -0.3 is 4.74 Å². The van der Waals surface area contributed by atoms with Crippen LogP contribution in [0.2, 0.25) is 0 Å². The maximum Gasteiger partial charge on any atom is 0.347 e. The Bertz CT molecular complexity index is 1150. The Kier molecular flexibility index (Phi) is 5.66. The molecular formula is C24H23N3O3. The standard InChI is InChI=1S/C24H23N3O3/c1-30-22-14-12-21(13-15-22)16-25-23(28)26(17-19-8-4-2-5-9-19)27(24(25)29)18-20-10-6-3-7-11-20/h2-15H,16-18H2,1H3. The van der Waals surface area contributed by atoms with Gasteiger partial charge in [0.1, 0.15) is 5.75 Å². The number of hydrogen-bond acceptors (Lipinski definition) is 3. The van der Waals surface area contributed by atoms with Gasteiger partial charge in [0.25, 0.3) is 0 Å². The van der Waals surface area contributed by atoms with Crippen LogP contribution < -0.4 is 16.1 Å². The summed E-state index contributed by atoms with van der Waals surface area (Å²) in [5, 5.41) is 0. The molecule has 0 N–H and O–H groups in total. The molecule has 3 aromatic carbocycles. The molecule has 0 radical (unpaired) electrons. The van der Waals surface area contributed by atoms with Crippen LogP contribution in [0.4, 0.5) is 0 Å². The van der Waals surface area contributed by atoms with Gasteiger partial charge in [-0.3, -0.25) is 0 Å². The van der Waals surface area contributed by atoms with Crippen LogP contribution in [0.15, 0.2) is 94.5 Å². The van der Waals surface area contributed by atoms with Gasteiger partial charge in [-0.25, -0.2) is 23.5 Å². The predicted octanol–water partition coefficient (Wildman–Crippen LogP) is 2.97. The van der Waals surface area contributed by atoms with Gasteiger partial charge in [0.05, 0.1) is 26.7 Å². The largest absolute Gasteiger partial charge is 0.497 e. The summed E-state index contributed by atoms with van der Waals surface area (Å²) >= 11 is 0. The Morgan fingerprint density at radius 3 is 1.47 bits per heavy atom. The van der Waals surface area contributed by atoms with Crippen LogP contribution in [0.1, 0.15) is 16.7 Å². The average molecular weight is 401 g/mol. The fourth-order valence-corrected chi connectivity index (χ4v) is 3.43. The summed E-state index contributed by atoms with van der Waals surface area (Å²) in [6.07, 6.45) is 0. The van der Waals surface area contributed by atoms with E-state index in [9.17, 15) is 9.59 Å². The Balaban J connectivity index is 1.75. The lowest BCUT2D eigenvalue weighted by molar-refractivity contribution is 0.414. The molecule has 4 rings (SSSR count). The first-order chi connectivity index (χ1) is 14.7. The number of ether oxygens (including phenoxy) is 1. The zero-order valence-corrected chi connectivity index (χ0v) is 16.8. The molecule has 0 saturated heterocycles. The minimum absolute atomic E-state index is 0.207. The van der Waals surface area contributed by atoms with E-state index in [-0.39, 0.29) is 17.9 Å². The van der Waals surface area contributed by atoms with E-state index in [1.165, 1.54) is 13.9 Å². The number of rotatable bonds is 7. The zero-order valence-electron chi connectivity index (χ0n) is 16.8. The van der Waals surface area contributed by atoms with Crippen molar-refractivity contribution >= 4 is 0 Å². The van der Waals surface area contributed by atoms with Crippen LogP contribution in [0, 0.1) is 0 Å². The van der Waals surface area contributed by atoms with Crippen molar-refractivity contribution < 1.29 is 4.74 Å². The highest BCUT2D eigenvalue weighted by molar-refractivity contribution is 5.27. The van der Waals surface area contributed by atoms with E-state index in [0.717, 1.165) is 22.4 Å². The van der Waals surface area contributed by atoms with Gasteiger partial charge in [-0.1, -0.05) is 72.8 Å². The fraction of sp³-hybridized carbons (Fsp3) is 0.167. The van der Waals surface area contributed by atoms with Crippen molar-refractivity contribution in [2.24, 2.45) is 0 Å². The number of benzene rings is 3. The minimum atomic E-state index is -0.324. The first kappa shape index (κ1) is 19.5. The van der Waals surface area contributed by atoms with Gasteiger partial charge in [-0.05, 0) is 28.8 Å². The highest BCUT2D eigenvalue weighted by Gasteiger charge is 2.17. The van der Waals surface area contributed by atoms with Gasteiger partial charge >= 0.3 is 11.4 Å². The van der Waals surface area contributed by atoms with Gasteiger partial charge in [0.2, 0.25) is 0 Å². The maximum atomic E-state index is 13.2. The molecule has 0 atom stereocenters. The van der Waals surface area contributed by atoms with Crippen molar-refractivity contribution in [2.45, 2.75) is 19.6 Å². The molecule has 6 heteroatoms. The Morgan fingerprint density at radius 2 is 1.03 bits per heavy atom. The third kappa shape index (κ3) is 4.12. The smallest absolute Gasteiger partial charge is 0.347 e. The highest BCUT2D eigenvalue weighted by atomic mass is 16.5. The number of aromatic nitrogens is 3.